The fraction of sp³-hybridized carbons (Fsp3) is 0.273. The van der Waals surface area contributed by atoms with Gasteiger partial charge in [0.15, 0.2) is 11.5 Å². The molecular weight excluding hydrogens is 226 g/mol. The van der Waals surface area contributed by atoms with Crippen molar-refractivity contribution in [3.63, 3.8) is 0 Å². The predicted octanol–water partition coefficient (Wildman–Crippen LogP) is 0.168. The van der Waals surface area contributed by atoms with Crippen LogP contribution in [0.25, 0.3) is 0 Å². The van der Waals surface area contributed by atoms with E-state index in [1.165, 1.54) is 19.2 Å². The highest BCUT2D eigenvalue weighted by atomic mass is 16.5. The molecule has 1 atom stereocenters. The van der Waals surface area contributed by atoms with E-state index < -0.39 is 12.0 Å². The van der Waals surface area contributed by atoms with E-state index in [1.54, 1.807) is 0 Å². The minimum absolute atomic E-state index is 0.0407. The molecule has 1 rings (SSSR count). The van der Waals surface area contributed by atoms with Crippen LogP contribution in [0.2, 0.25) is 0 Å². The molecule has 0 radical (unpaired) electrons. The largest absolute Gasteiger partial charge is 0.504 e. The van der Waals surface area contributed by atoms with Crippen LogP contribution in [0.3, 0.4) is 0 Å². The zero-order valence-electron chi connectivity index (χ0n) is 9.21. The second-order valence-corrected chi connectivity index (χ2v) is 3.49. The third-order valence-corrected chi connectivity index (χ3v) is 2.32. The van der Waals surface area contributed by atoms with Crippen molar-refractivity contribution in [1.29, 1.82) is 0 Å². The Balaban J connectivity index is 3.10. The average molecular weight is 239 g/mol. The van der Waals surface area contributed by atoms with Crippen molar-refractivity contribution in [2.24, 2.45) is 5.73 Å². The van der Waals surface area contributed by atoms with Crippen LogP contribution in [0.4, 0.5) is 0 Å². The predicted molar refractivity (Wildman–Crippen MR) is 59.4 cm³/mol. The highest BCUT2D eigenvalue weighted by Gasteiger charge is 2.16. The molecule has 0 aliphatic heterocycles. The molecule has 4 N–H and O–H groups in total. The van der Waals surface area contributed by atoms with Crippen molar-refractivity contribution >= 4 is 12.3 Å². The molecule has 92 valence electrons. The number of carboxylic acid groups (broad SMARTS) is 1. The fourth-order valence-corrected chi connectivity index (χ4v) is 1.40. The smallest absolute Gasteiger partial charge is 0.320 e. The number of phenols is 1. The molecule has 0 saturated heterocycles. The fourth-order valence-electron chi connectivity index (χ4n) is 1.40. The van der Waals surface area contributed by atoms with Crippen LogP contribution in [-0.4, -0.2) is 35.6 Å². The lowest BCUT2D eigenvalue weighted by Crippen LogP contribution is -2.32. The van der Waals surface area contributed by atoms with Crippen LogP contribution in [-0.2, 0) is 11.2 Å². The molecule has 0 bridgehead atoms. The van der Waals surface area contributed by atoms with Gasteiger partial charge >= 0.3 is 5.97 Å². The van der Waals surface area contributed by atoms with Crippen molar-refractivity contribution in [3.8, 4) is 11.5 Å². The molecule has 1 aromatic rings. The molecular formula is C11H13NO5. The van der Waals surface area contributed by atoms with E-state index in [4.69, 9.17) is 15.6 Å². The Hall–Kier alpha value is -2.08. The van der Waals surface area contributed by atoms with Crippen LogP contribution in [0.1, 0.15) is 15.9 Å². The van der Waals surface area contributed by atoms with Crippen molar-refractivity contribution in [3.05, 3.63) is 23.3 Å². The summed E-state index contributed by atoms with van der Waals surface area (Å²) >= 11 is 0. The number of phenolic OH excluding ortho intramolecular Hbond substituents is 1. The maximum absolute atomic E-state index is 10.8. The quantitative estimate of drug-likeness (QED) is 0.632. The molecule has 0 aromatic heterocycles. The molecule has 0 fully saturated rings. The molecule has 6 nitrogen and oxygen atoms in total. The van der Waals surface area contributed by atoms with E-state index in [0.717, 1.165) is 0 Å². The lowest BCUT2D eigenvalue weighted by molar-refractivity contribution is -0.138. The first-order valence-corrected chi connectivity index (χ1v) is 4.83. The first kappa shape index (κ1) is 13.0. The van der Waals surface area contributed by atoms with Gasteiger partial charge in [-0.05, 0) is 24.1 Å². The zero-order chi connectivity index (χ0) is 13.0. The van der Waals surface area contributed by atoms with Crippen LogP contribution in [0.15, 0.2) is 12.1 Å². The summed E-state index contributed by atoms with van der Waals surface area (Å²) in [4.78, 5) is 21.4. The second-order valence-electron chi connectivity index (χ2n) is 3.49. The van der Waals surface area contributed by atoms with E-state index in [9.17, 15) is 14.7 Å². The van der Waals surface area contributed by atoms with Gasteiger partial charge in [-0.25, -0.2) is 0 Å². The number of hydrogen-bond acceptors (Lipinski definition) is 5. The van der Waals surface area contributed by atoms with Gasteiger partial charge < -0.3 is 20.7 Å². The summed E-state index contributed by atoms with van der Waals surface area (Å²) in [6, 6.07) is 1.50. The third kappa shape index (κ3) is 2.94. The molecule has 6 heteroatoms. The Kier molecular flexibility index (Phi) is 4.06. The van der Waals surface area contributed by atoms with Crippen LogP contribution in [0.5, 0.6) is 11.5 Å². The van der Waals surface area contributed by atoms with Gasteiger partial charge in [0.05, 0.1) is 7.11 Å². The monoisotopic (exact) mass is 239 g/mol. The van der Waals surface area contributed by atoms with Gasteiger partial charge in [-0.3, -0.25) is 9.59 Å². The normalized spacial score (nSPS) is 11.9. The second kappa shape index (κ2) is 5.31. The highest BCUT2D eigenvalue weighted by Crippen LogP contribution is 2.29. The number of aldehydes is 1. The minimum atomic E-state index is -1.17. The summed E-state index contributed by atoms with van der Waals surface area (Å²) in [5.41, 5.74) is 5.98. The number of benzene rings is 1. The Morgan fingerprint density at radius 1 is 1.59 bits per heavy atom. The first-order valence-electron chi connectivity index (χ1n) is 4.83. The maximum Gasteiger partial charge on any atom is 0.320 e. The molecule has 0 saturated carbocycles. The average Bonchev–Trinajstić information content (AvgIpc) is 2.29. The SMILES string of the molecule is COc1cc(C=O)c(CC(N)C(=O)O)cc1O. The number of aromatic hydroxyl groups is 1. The molecule has 0 aliphatic rings. The Morgan fingerprint density at radius 2 is 2.24 bits per heavy atom. The molecule has 1 unspecified atom stereocenters. The number of carbonyl (C=O) groups is 2. The number of methoxy groups -OCH3 is 1. The molecule has 17 heavy (non-hydrogen) atoms. The van der Waals surface area contributed by atoms with Crippen LogP contribution < -0.4 is 10.5 Å². The van der Waals surface area contributed by atoms with E-state index in [-0.39, 0.29) is 23.5 Å². The van der Waals surface area contributed by atoms with Crippen LogP contribution >= 0.6 is 0 Å². The number of ether oxygens (including phenoxy) is 1. The number of aliphatic carboxylic acids is 1. The summed E-state index contributed by atoms with van der Waals surface area (Å²) in [6.45, 7) is 0. The van der Waals surface area contributed by atoms with Crippen molar-refractivity contribution < 1.29 is 24.5 Å². The van der Waals surface area contributed by atoms with E-state index in [1.807, 2.05) is 0 Å². The van der Waals surface area contributed by atoms with Gasteiger partial charge in [0.1, 0.15) is 12.3 Å². The van der Waals surface area contributed by atoms with Gasteiger partial charge in [-0.2, -0.15) is 0 Å². The van der Waals surface area contributed by atoms with Crippen LogP contribution in [0, 0.1) is 0 Å². The van der Waals surface area contributed by atoms with E-state index >= 15 is 0 Å². The number of rotatable bonds is 5. The number of carboxylic acids is 1. The van der Waals surface area contributed by atoms with Gasteiger partial charge in [0.25, 0.3) is 0 Å². The van der Waals surface area contributed by atoms with Crippen molar-refractivity contribution in [2.75, 3.05) is 7.11 Å². The van der Waals surface area contributed by atoms with E-state index in [0.29, 0.717) is 11.8 Å². The first-order chi connectivity index (χ1) is 7.99. The molecule has 0 amide bonds. The topological polar surface area (TPSA) is 110 Å². The summed E-state index contributed by atoms with van der Waals surface area (Å²) in [6.07, 6.45) is 0.521. The maximum atomic E-state index is 10.8. The zero-order valence-corrected chi connectivity index (χ0v) is 9.21. The Bertz CT molecular complexity index is 444. The van der Waals surface area contributed by atoms with Crippen molar-refractivity contribution in [1.82, 2.24) is 0 Å². The van der Waals surface area contributed by atoms with Gasteiger partial charge in [-0.15, -0.1) is 0 Å². The minimum Gasteiger partial charge on any atom is -0.504 e. The standard InChI is InChI=1S/C11H13NO5/c1-17-10-4-7(5-13)6(3-9(10)14)2-8(12)11(15)16/h3-5,8,14H,2,12H2,1H3,(H,15,16). The molecule has 0 heterocycles. The Morgan fingerprint density at radius 3 is 2.71 bits per heavy atom. The summed E-state index contributed by atoms with van der Waals surface area (Å²) < 4.78 is 4.84. The number of carbonyl (C=O) groups excluding carboxylic acids is 1. The van der Waals surface area contributed by atoms with Crippen molar-refractivity contribution in [2.45, 2.75) is 12.5 Å². The summed E-state index contributed by atoms with van der Waals surface area (Å²) in [7, 11) is 1.35. The van der Waals surface area contributed by atoms with Gasteiger partial charge in [0.2, 0.25) is 0 Å². The molecule has 1 aromatic carbocycles. The molecule has 0 spiro atoms. The summed E-state index contributed by atoms with van der Waals surface area (Å²) in [5.74, 6) is -1.18. The lowest BCUT2D eigenvalue weighted by atomic mass is 10.0. The van der Waals surface area contributed by atoms with Gasteiger partial charge in [0, 0.05) is 5.56 Å². The molecule has 0 aliphatic carbocycles. The number of hydrogen-bond donors (Lipinski definition) is 3. The lowest BCUT2D eigenvalue weighted by Gasteiger charge is -2.11. The summed E-state index contributed by atoms with van der Waals surface area (Å²) in [5, 5.41) is 18.2. The highest BCUT2D eigenvalue weighted by molar-refractivity contribution is 5.80. The van der Waals surface area contributed by atoms with E-state index in [2.05, 4.69) is 0 Å². The number of nitrogens with two attached hydrogens (primary N) is 1. The Labute approximate surface area is 97.6 Å². The van der Waals surface area contributed by atoms with Gasteiger partial charge in [-0.1, -0.05) is 0 Å². The third-order valence-electron chi connectivity index (χ3n) is 2.32.